The summed E-state index contributed by atoms with van der Waals surface area (Å²) in [4.78, 5) is 0. The van der Waals surface area contributed by atoms with Crippen LogP contribution in [0.4, 0.5) is 0 Å². The van der Waals surface area contributed by atoms with Crippen LogP contribution in [-0.4, -0.2) is 16.4 Å². The summed E-state index contributed by atoms with van der Waals surface area (Å²) in [5.74, 6) is 0. The monoisotopic (exact) mass is 157 g/mol. The second-order valence-electron chi connectivity index (χ2n) is 2.66. The summed E-state index contributed by atoms with van der Waals surface area (Å²) in [6.45, 7) is 6.74. The van der Waals surface area contributed by atoms with Crippen molar-refractivity contribution in [3.63, 3.8) is 0 Å². The fourth-order valence-electron chi connectivity index (χ4n) is 0.541. The molecule has 0 aromatic carbocycles. The average Bonchev–Trinajstić information content (AvgIpc) is 2.00. The maximum Gasteiger partial charge on any atom is 0.181 e. The van der Waals surface area contributed by atoms with Gasteiger partial charge in [-0.15, -0.1) is 0 Å². The van der Waals surface area contributed by atoms with Crippen molar-refractivity contribution in [2.75, 3.05) is 6.61 Å². The van der Waals surface area contributed by atoms with Crippen molar-refractivity contribution < 1.29 is 4.43 Å². The lowest BCUT2D eigenvalue weighted by Gasteiger charge is -2.16. The van der Waals surface area contributed by atoms with Crippen molar-refractivity contribution in [2.45, 2.75) is 32.2 Å². The van der Waals surface area contributed by atoms with Gasteiger partial charge in [-0.05, 0) is 20.3 Å². The lowest BCUT2D eigenvalue weighted by atomic mass is 10.1. The first-order chi connectivity index (χ1) is 4.68. The normalized spacial score (nSPS) is 17.0. The van der Waals surface area contributed by atoms with E-state index in [-0.39, 0.29) is 5.04 Å². The third-order valence-corrected chi connectivity index (χ3v) is 3.58. The van der Waals surface area contributed by atoms with Crippen LogP contribution < -0.4 is 0 Å². The Morgan fingerprint density at radius 3 is 2.50 bits per heavy atom. The van der Waals surface area contributed by atoms with Gasteiger partial charge in [-0.1, -0.05) is 6.92 Å². The fraction of sp³-hybridized carbons (Fsp3) is 0.857. The van der Waals surface area contributed by atoms with Gasteiger partial charge >= 0.3 is 0 Å². The van der Waals surface area contributed by atoms with Crippen LogP contribution in [0, 0.1) is 11.3 Å². The standard InChI is InChI=1S/C7H15NOSi/c1-4-7(3,6-8)10-9-5-2/h4-5,10H2,1-3H3. The molecular formula is C7H15NOSi. The Kier molecular flexibility index (Phi) is 4.33. The van der Waals surface area contributed by atoms with Crippen LogP contribution in [0.15, 0.2) is 0 Å². The lowest BCUT2D eigenvalue weighted by Crippen LogP contribution is -2.16. The number of hydrogen-bond acceptors (Lipinski definition) is 2. The molecule has 0 saturated carbocycles. The Morgan fingerprint density at radius 1 is 1.60 bits per heavy atom. The predicted octanol–water partition coefficient (Wildman–Crippen LogP) is 1.22. The molecule has 0 aromatic rings. The van der Waals surface area contributed by atoms with Gasteiger partial charge in [0, 0.05) is 6.61 Å². The minimum absolute atomic E-state index is 0.143. The van der Waals surface area contributed by atoms with Crippen LogP contribution in [0.1, 0.15) is 27.2 Å². The highest BCUT2D eigenvalue weighted by atomic mass is 28.2. The van der Waals surface area contributed by atoms with Gasteiger partial charge in [-0.3, -0.25) is 0 Å². The molecule has 0 fully saturated rings. The fourth-order valence-corrected chi connectivity index (χ4v) is 1.46. The Bertz CT molecular complexity index is 132. The smallest absolute Gasteiger partial charge is 0.181 e. The highest BCUT2D eigenvalue weighted by Crippen LogP contribution is 2.26. The van der Waals surface area contributed by atoms with E-state index in [9.17, 15) is 0 Å². The summed E-state index contributed by atoms with van der Waals surface area (Å²) in [5.41, 5.74) is 0. The van der Waals surface area contributed by atoms with Crippen molar-refractivity contribution in [2.24, 2.45) is 0 Å². The topological polar surface area (TPSA) is 33.0 Å². The molecule has 0 spiro atoms. The van der Waals surface area contributed by atoms with Gasteiger partial charge in [0.1, 0.15) is 0 Å². The summed E-state index contributed by atoms with van der Waals surface area (Å²) in [5, 5.41) is 8.57. The SMILES string of the molecule is CCO[SiH2]C(C)(C#N)CC. The minimum atomic E-state index is -0.632. The van der Waals surface area contributed by atoms with E-state index in [0.717, 1.165) is 13.0 Å². The van der Waals surface area contributed by atoms with E-state index in [2.05, 4.69) is 6.07 Å². The molecule has 0 aromatic heterocycles. The van der Waals surface area contributed by atoms with Gasteiger partial charge in [0.15, 0.2) is 9.76 Å². The molecule has 0 saturated heterocycles. The highest BCUT2D eigenvalue weighted by Gasteiger charge is 2.21. The first kappa shape index (κ1) is 9.67. The second kappa shape index (κ2) is 4.48. The molecule has 0 aliphatic carbocycles. The van der Waals surface area contributed by atoms with E-state index in [0.29, 0.717) is 0 Å². The minimum Gasteiger partial charge on any atom is -0.423 e. The zero-order valence-corrected chi connectivity index (χ0v) is 8.39. The second-order valence-corrected chi connectivity index (χ2v) is 4.92. The number of nitriles is 1. The Balaban J connectivity index is 3.72. The average molecular weight is 157 g/mol. The van der Waals surface area contributed by atoms with Crippen LogP contribution in [0.25, 0.3) is 0 Å². The molecule has 0 amide bonds. The molecular weight excluding hydrogens is 142 g/mol. The van der Waals surface area contributed by atoms with E-state index in [1.165, 1.54) is 0 Å². The van der Waals surface area contributed by atoms with Crippen molar-refractivity contribution >= 4 is 9.76 Å². The van der Waals surface area contributed by atoms with Crippen molar-refractivity contribution in [3.8, 4) is 6.07 Å². The molecule has 0 heterocycles. The summed E-state index contributed by atoms with van der Waals surface area (Å²) < 4.78 is 5.30. The summed E-state index contributed by atoms with van der Waals surface area (Å²) in [7, 11) is -0.632. The maximum absolute atomic E-state index is 8.72. The number of nitrogens with zero attached hydrogens (tertiary/aromatic N) is 1. The van der Waals surface area contributed by atoms with E-state index in [1.54, 1.807) is 0 Å². The largest absolute Gasteiger partial charge is 0.423 e. The van der Waals surface area contributed by atoms with Crippen LogP contribution in [0.5, 0.6) is 0 Å². The van der Waals surface area contributed by atoms with E-state index in [4.69, 9.17) is 9.69 Å². The van der Waals surface area contributed by atoms with E-state index in [1.807, 2.05) is 20.8 Å². The highest BCUT2D eigenvalue weighted by molar-refractivity contribution is 6.33. The molecule has 1 atom stereocenters. The molecule has 10 heavy (non-hydrogen) atoms. The quantitative estimate of drug-likeness (QED) is 0.575. The molecule has 3 heteroatoms. The van der Waals surface area contributed by atoms with Gasteiger partial charge < -0.3 is 4.43 Å². The first-order valence-corrected chi connectivity index (χ1v) is 4.96. The lowest BCUT2D eigenvalue weighted by molar-refractivity contribution is 0.345. The molecule has 0 aliphatic rings. The van der Waals surface area contributed by atoms with Crippen LogP contribution >= 0.6 is 0 Å². The number of rotatable bonds is 4. The van der Waals surface area contributed by atoms with E-state index < -0.39 is 9.76 Å². The molecule has 0 N–H and O–H groups in total. The maximum atomic E-state index is 8.72. The summed E-state index contributed by atoms with van der Waals surface area (Å²) in [6.07, 6.45) is 0.912. The van der Waals surface area contributed by atoms with E-state index >= 15 is 0 Å². The van der Waals surface area contributed by atoms with Crippen LogP contribution in [0.3, 0.4) is 0 Å². The summed E-state index contributed by atoms with van der Waals surface area (Å²) in [6, 6.07) is 2.30. The van der Waals surface area contributed by atoms with Gasteiger partial charge in [-0.25, -0.2) is 0 Å². The molecule has 58 valence electrons. The first-order valence-electron chi connectivity index (χ1n) is 3.67. The number of hydrogen-bond donors (Lipinski definition) is 0. The van der Waals surface area contributed by atoms with Gasteiger partial charge in [-0.2, -0.15) is 5.26 Å². The molecule has 0 aliphatic heterocycles. The Hall–Kier alpha value is -0.333. The van der Waals surface area contributed by atoms with Crippen molar-refractivity contribution in [1.29, 1.82) is 5.26 Å². The molecule has 1 unspecified atom stereocenters. The van der Waals surface area contributed by atoms with Crippen LogP contribution in [0.2, 0.25) is 5.04 Å². The third kappa shape index (κ3) is 2.99. The predicted molar refractivity (Wildman–Crippen MR) is 44.4 cm³/mol. The molecule has 0 radical (unpaired) electrons. The van der Waals surface area contributed by atoms with Gasteiger partial charge in [0.2, 0.25) is 0 Å². The zero-order chi connectivity index (χ0) is 8.04. The molecule has 0 bridgehead atoms. The zero-order valence-electron chi connectivity index (χ0n) is 6.98. The van der Waals surface area contributed by atoms with Gasteiger partial charge in [0.05, 0.1) is 11.1 Å². The van der Waals surface area contributed by atoms with Gasteiger partial charge in [0.25, 0.3) is 0 Å². The summed E-state index contributed by atoms with van der Waals surface area (Å²) >= 11 is 0. The third-order valence-electron chi connectivity index (χ3n) is 1.68. The Morgan fingerprint density at radius 2 is 2.20 bits per heavy atom. The van der Waals surface area contributed by atoms with Crippen LogP contribution in [-0.2, 0) is 4.43 Å². The van der Waals surface area contributed by atoms with Crippen molar-refractivity contribution in [1.82, 2.24) is 0 Å². The Labute approximate surface area is 65.1 Å². The van der Waals surface area contributed by atoms with Crippen molar-refractivity contribution in [3.05, 3.63) is 0 Å². The molecule has 2 nitrogen and oxygen atoms in total. The molecule has 0 rings (SSSR count).